The molecule has 0 amide bonds. The highest BCUT2D eigenvalue weighted by Gasteiger charge is 2.13. The molecule has 0 aliphatic heterocycles. The predicted molar refractivity (Wildman–Crippen MR) is 112 cm³/mol. The fourth-order valence-electron chi connectivity index (χ4n) is 3.57. The van der Waals surface area contributed by atoms with Gasteiger partial charge in [0, 0.05) is 17.3 Å². The van der Waals surface area contributed by atoms with Crippen LogP contribution in [0.5, 0.6) is 0 Å². The summed E-state index contributed by atoms with van der Waals surface area (Å²) < 4.78 is 16.9. The van der Waals surface area contributed by atoms with Crippen LogP contribution in [0.3, 0.4) is 0 Å². The molecule has 5 aromatic rings. The normalized spacial score (nSPS) is 11.6. The molecule has 0 aliphatic rings. The summed E-state index contributed by atoms with van der Waals surface area (Å²) >= 11 is 0. The smallest absolute Gasteiger partial charge is 0.187 e. The first-order chi connectivity index (χ1) is 14.6. The Morgan fingerprint density at radius 1 is 1.13 bits per heavy atom. The molecule has 0 unspecified atom stereocenters. The number of aromatic nitrogens is 5. The van der Waals surface area contributed by atoms with Crippen LogP contribution in [-0.2, 0) is 6.54 Å². The second-order valence-corrected chi connectivity index (χ2v) is 7.02. The Hall–Kier alpha value is -3.78. The van der Waals surface area contributed by atoms with Gasteiger partial charge in [-0.2, -0.15) is 5.10 Å². The number of nitrogens with zero attached hydrogens (tertiary/aromatic N) is 5. The Morgan fingerprint density at radius 3 is 2.87 bits per heavy atom. The topological polar surface area (TPSA) is 80.8 Å². The van der Waals surface area contributed by atoms with Crippen LogP contribution in [0, 0.1) is 12.0 Å². The minimum absolute atomic E-state index is 0.136. The van der Waals surface area contributed by atoms with Gasteiger partial charge in [-0.15, -0.1) is 0 Å². The average molecular weight is 401 g/mol. The third kappa shape index (κ3) is 3.27. The SMILES string of the molecule is C[C](O)n1ccc2ncnc(Nc3ccc4c(cnn4Cc4cccc(F)c4)c3)c21. The van der Waals surface area contributed by atoms with E-state index in [0.29, 0.717) is 17.9 Å². The largest absolute Gasteiger partial charge is 0.367 e. The van der Waals surface area contributed by atoms with E-state index >= 15 is 0 Å². The highest BCUT2D eigenvalue weighted by atomic mass is 19.1. The van der Waals surface area contributed by atoms with Crippen molar-refractivity contribution in [2.75, 3.05) is 5.32 Å². The Labute approximate surface area is 171 Å². The molecule has 0 saturated heterocycles. The van der Waals surface area contributed by atoms with Crippen molar-refractivity contribution in [2.24, 2.45) is 0 Å². The minimum atomic E-state index is -0.258. The lowest BCUT2D eigenvalue weighted by atomic mass is 10.2. The fraction of sp³-hybridized carbons (Fsp3) is 0.0909. The number of nitrogens with one attached hydrogen (secondary N) is 1. The number of hydrogen-bond acceptors (Lipinski definition) is 5. The van der Waals surface area contributed by atoms with Crippen molar-refractivity contribution in [1.29, 1.82) is 0 Å². The molecule has 7 nitrogen and oxygen atoms in total. The Morgan fingerprint density at radius 2 is 2.03 bits per heavy atom. The van der Waals surface area contributed by atoms with Crippen molar-refractivity contribution in [3.63, 3.8) is 0 Å². The summed E-state index contributed by atoms with van der Waals surface area (Å²) in [6, 6.07) is 14.2. The first-order valence-corrected chi connectivity index (χ1v) is 9.40. The maximum absolute atomic E-state index is 13.5. The number of aliphatic hydroxyl groups excluding tert-OH is 1. The molecule has 3 heterocycles. The molecule has 2 N–H and O–H groups in total. The zero-order valence-electron chi connectivity index (χ0n) is 16.1. The second-order valence-electron chi connectivity index (χ2n) is 7.02. The van der Waals surface area contributed by atoms with Gasteiger partial charge in [-0.1, -0.05) is 12.1 Å². The number of halogens is 1. The van der Waals surface area contributed by atoms with Gasteiger partial charge in [0.1, 0.15) is 17.7 Å². The lowest BCUT2D eigenvalue weighted by molar-refractivity contribution is 0.283. The maximum atomic E-state index is 13.5. The summed E-state index contributed by atoms with van der Waals surface area (Å²) in [6.45, 7) is 2.09. The number of benzene rings is 2. The molecule has 0 atom stereocenters. The number of anilines is 2. The van der Waals surface area contributed by atoms with Crippen LogP contribution < -0.4 is 5.32 Å². The van der Waals surface area contributed by atoms with Gasteiger partial charge in [0.05, 0.1) is 23.8 Å². The van der Waals surface area contributed by atoms with Gasteiger partial charge in [-0.25, -0.2) is 14.4 Å². The van der Waals surface area contributed by atoms with Crippen molar-refractivity contribution in [3.05, 3.63) is 84.9 Å². The Kier molecular flexibility index (Phi) is 4.40. The molecule has 1 radical (unpaired) electrons. The molecule has 8 heteroatoms. The van der Waals surface area contributed by atoms with Gasteiger partial charge in [-0.05, 0) is 48.9 Å². The van der Waals surface area contributed by atoms with E-state index in [2.05, 4.69) is 20.4 Å². The molecule has 0 aliphatic carbocycles. The van der Waals surface area contributed by atoms with E-state index < -0.39 is 0 Å². The summed E-state index contributed by atoms with van der Waals surface area (Å²) in [4.78, 5) is 8.59. The summed E-state index contributed by atoms with van der Waals surface area (Å²) in [5, 5.41) is 18.6. The average Bonchev–Trinajstić information content (AvgIpc) is 3.33. The first-order valence-electron chi connectivity index (χ1n) is 9.40. The van der Waals surface area contributed by atoms with E-state index in [1.54, 1.807) is 30.0 Å². The van der Waals surface area contributed by atoms with Crippen LogP contribution in [0.2, 0.25) is 0 Å². The molecule has 0 spiro atoms. The lowest BCUT2D eigenvalue weighted by Gasteiger charge is -2.12. The molecule has 5 rings (SSSR count). The van der Waals surface area contributed by atoms with Gasteiger partial charge >= 0.3 is 0 Å². The van der Waals surface area contributed by atoms with E-state index in [1.807, 2.05) is 35.0 Å². The standard InChI is InChI=1S/C22H18FN6O/c1-14(30)28-8-7-19-21(28)22(25-13-24-19)27-18-5-6-20-16(10-18)11-26-29(20)12-15-3-2-4-17(23)9-15/h2-11,13,30H,12H2,1H3,(H,24,25,27). The summed E-state index contributed by atoms with van der Waals surface area (Å²) in [6.07, 6.45) is 5.15. The fourth-order valence-corrected chi connectivity index (χ4v) is 3.57. The molecule has 3 aromatic heterocycles. The van der Waals surface area contributed by atoms with Crippen molar-refractivity contribution >= 4 is 33.4 Å². The molecule has 0 bridgehead atoms. The molecule has 0 saturated carbocycles. The number of fused-ring (bicyclic) bond motifs is 2. The summed E-state index contributed by atoms with van der Waals surface area (Å²) in [5.41, 5.74) is 4.04. The highest BCUT2D eigenvalue weighted by Crippen LogP contribution is 2.27. The molecule has 30 heavy (non-hydrogen) atoms. The van der Waals surface area contributed by atoms with Crippen molar-refractivity contribution < 1.29 is 9.50 Å². The van der Waals surface area contributed by atoms with Gasteiger partial charge < -0.3 is 15.0 Å². The molecule has 149 valence electrons. The monoisotopic (exact) mass is 401 g/mol. The number of hydrogen-bond donors (Lipinski definition) is 2. The lowest BCUT2D eigenvalue weighted by Crippen LogP contribution is -2.06. The highest BCUT2D eigenvalue weighted by molar-refractivity contribution is 5.90. The van der Waals surface area contributed by atoms with Crippen LogP contribution >= 0.6 is 0 Å². The maximum Gasteiger partial charge on any atom is 0.187 e. The van der Waals surface area contributed by atoms with E-state index in [4.69, 9.17) is 0 Å². The zero-order chi connectivity index (χ0) is 20.7. The third-order valence-corrected chi connectivity index (χ3v) is 4.95. The minimum Gasteiger partial charge on any atom is -0.367 e. The van der Waals surface area contributed by atoms with E-state index in [-0.39, 0.29) is 12.0 Å². The van der Waals surface area contributed by atoms with Crippen LogP contribution in [0.15, 0.2) is 67.3 Å². The van der Waals surface area contributed by atoms with Crippen molar-refractivity contribution in [1.82, 2.24) is 24.3 Å². The Balaban J connectivity index is 1.47. The van der Waals surface area contributed by atoms with Gasteiger partial charge in [0.15, 0.2) is 12.0 Å². The predicted octanol–water partition coefficient (Wildman–Crippen LogP) is 4.44. The van der Waals surface area contributed by atoms with Crippen molar-refractivity contribution in [3.8, 4) is 0 Å². The van der Waals surface area contributed by atoms with Crippen LogP contribution in [-0.4, -0.2) is 29.4 Å². The van der Waals surface area contributed by atoms with Crippen LogP contribution in [0.4, 0.5) is 15.9 Å². The van der Waals surface area contributed by atoms with Crippen LogP contribution in [0.1, 0.15) is 12.5 Å². The molecular weight excluding hydrogens is 383 g/mol. The van der Waals surface area contributed by atoms with Crippen molar-refractivity contribution in [2.45, 2.75) is 13.5 Å². The first kappa shape index (κ1) is 18.3. The van der Waals surface area contributed by atoms with Crippen LogP contribution in [0.25, 0.3) is 21.9 Å². The zero-order valence-corrected chi connectivity index (χ0v) is 16.1. The number of aliphatic hydroxyl groups is 1. The molecule has 2 aromatic carbocycles. The van der Waals surface area contributed by atoms with Gasteiger partial charge in [-0.3, -0.25) is 4.68 Å². The van der Waals surface area contributed by atoms with E-state index in [0.717, 1.165) is 27.7 Å². The third-order valence-electron chi connectivity index (χ3n) is 4.95. The summed E-state index contributed by atoms with van der Waals surface area (Å²) in [5.74, 6) is 0.330. The molecule has 0 fully saturated rings. The Bertz CT molecular complexity index is 1360. The summed E-state index contributed by atoms with van der Waals surface area (Å²) in [7, 11) is 0. The molecular formula is C22H18FN6O. The van der Waals surface area contributed by atoms with Gasteiger partial charge in [0.25, 0.3) is 0 Å². The number of rotatable bonds is 5. The van der Waals surface area contributed by atoms with Gasteiger partial charge in [0.2, 0.25) is 0 Å². The van der Waals surface area contributed by atoms with E-state index in [9.17, 15) is 9.50 Å². The quantitative estimate of drug-likeness (QED) is 0.455. The van der Waals surface area contributed by atoms with E-state index in [1.165, 1.54) is 18.5 Å². The second kappa shape index (κ2) is 7.23.